The van der Waals surface area contributed by atoms with Gasteiger partial charge in [-0.3, -0.25) is 4.79 Å². The average molecular weight is 256 g/mol. The van der Waals surface area contributed by atoms with E-state index in [1.807, 2.05) is 13.8 Å². The Labute approximate surface area is 107 Å². The molecule has 1 N–H and O–H groups in total. The monoisotopic (exact) mass is 255 g/mol. The van der Waals surface area contributed by atoms with Crippen LogP contribution in [0.25, 0.3) is 0 Å². The standard InChI is InChI=1S/C7H6ClN.C6H12O2/c8-7-3-1-6(5-9)2-4-7;1-4-8-6(7)5(2)3/h1-5,9H;5H,4H2,1-3H3. The molecule has 3 nitrogen and oxygen atoms in total. The number of carbonyl (C=O) groups is 1. The zero-order valence-corrected chi connectivity index (χ0v) is 11.1. The third-order valence-corrected chi connectivity index (χ3v) is 2.05. The summed E-state index contributed by atoms with van der Waals surface area (Å²) in [6.45, 7) is 5.92. The molecule has 0 amide bonds. The number of hydrogen-bond acceptors (Lipinski definition) is 3. The lowest BCUT2D eigenvalue weighted by Crippen LogP contribution is -2.10. The molecule has 0 fully saturated rings. The van der Waals surface area contributed by atoms with Crippen molar-refractivity contribution in [3.05, 3.63) is 34.9 Å². The fraction of sp³-hybridized carbons (Fsp3) is 0.385. The molecule has 0 aliphatic carbocycles. The lowest BCUT2D eigenvalue weighted by atomic mass is 10.2. The SMILES string of the molecule is CCOC(=O)C(C)C.N=Cc1ccc(Cl)cc1. The second-order valence-electron chi connectivity index (χ2n) is 3.60. The molecule has 0 unspecified atom stereocenters. The van der Waals surface area contributed by atoms with E-state index in [-0.39, 0.29) is 11.9 Å². The van der Waals surface area contributed by atoms with E-state index in [0.717, 1.165) is 5.56 Å². The van der Waals surface area contributed by atoms with Crippen molar-refractivity contribution in [1.82, 2.24) is 0 Å². The van der Waals surface area contributed by atoms with E-state index >= 15 is 0 Å². The van der Waals surface area contributed by atoms with Crippen molar-refractivity contribution in [3.63, 3.8) is 0 Å². The van der Waals surface area contributed by atoms with E-state index in [0.29, 0.717) is 11.6 Å². The summed E-state index contributed by atoms with van der Waals surface area (Å²) in [4.78, 5) is 10.5. The Morgan fingerprint density at radius 2 is 1.94 bits per heavy atom. The van der Waals surface area contributed by atoms with Crippen LogP contribution in [0.2, 0.25) is 5.02 Å². The minimum absolute atomic E-state index is 0.00921. The maximum Gasteiger partial charge on any atom is 0.308 e. The topological polar surface area (TPSA) is 50.2 Å². The molecule has 0 radical (unpaired) electrons. The fourth-order valence-corrected chi connectivity index (χ4v) is 0.994. The largest absolute Gasteiger partial charge is 0.466 e. The van der Waals surface area contributed by atoms with Crippen LogP contribution in [0.15, 0.2) is 24.3 Å². The smallest absolute Gasteiger partial charge is 0.308 e. The van der Waals surface area contributed by atoms with Gasteiger partial charge < -0.3 is 10.1 Å². The second-order valence-corrected chi connectivity index (χ2v) is 4.04. The number of esters is 1. The van der Waals surface area contributed by atoms with Crippen LogP contribution in [-0.4, -0.2) is 18.8 Å². The predicted octanol–water partition coefficient (Wildman–Crippen LogP) is 3.54. The van der Waals surface area contributed by atoms with Crippen LogP contribution in [-0.2, 0) is 9.53 Å². The molecule has 17 heavy (non-hydrogen) atoms. The maximum atomic E-state index is 10.5. The molecule has 1 aromatic carbocycles. The first-order chi connectivity index (χ1) is 8.01. The van der Waals surface area contributed by atoms with Crippen LogP contribution >= 0.6 is 11.6 Å². The van der Waals surface area contributed by atoms with E-state index in [1.165, 1.54) is 6.21 Å². The molecule has 0 saturated heterocycles. The summed E-state index contributed by atoms with van der Waals surface area (Å²) >= 11 is 5.59. The molecule has 0 saturated carbocycles. The van der Waals surface area contributed by atoms with Gasteiger partial charge >= 0.3 is 5.97 Å². The highest BCUT2D eigenvalue weighted by molar-refractivity contribution is 6.30. The van der Waals surface area contributed by atoms with Gasteiger partial charge in [0, 0.05) is 11.2 Å². The molecule has 0 heterocycles. The number of rotatable bonds is 3. The number of carbonyl (C=O) groups excluding carboxylic acids is 1. The summed E-state index contributed by atoms with van der Waals surface area (Å²) in [6.07, 6.45) is 1.29. The average Bonchev–Trinajstić information content (AvgIpc) is 2.31. The normalized spacial score (nSPS) is 9.24. The summed E-state index contributed by atoms with van der Waals surface area (Å²) in [5.74, 6) is -0.109. The minimum atomic E-state index is -0.118. The van der Waals surface area contributed by atoms with Crippen LogP contribution in [0.3, 0.4) is 0 Å². The molecule has 4 heteroatoms. The zero-order chi connectivity index (χ0) is 13.3. The molecule has 0 aliphatic heterocycles. The molecular weight excluding hydrogens is 238 g/mol. The fourth-order valence-electron chi connectivity index (χ4n) is 0.868. The number of ether oxygens (including phenoxy) is 1. The van der Waals surface area contributed by atoms with Crippen molar-refractivity contribution in [1.29, 1.82) is 5.41 Å². The highest BCUT2D eigenvalue weighted by Gasteiger charge is 2.04. The van der Waals surface area contributed by atoms with E-state index in [2.05, 4.69) is 4.74 Å². The Hall–Kier alpha value is -1.35. The van der Waals surface area contributed by atoms with Crippen molar-refractivity contribution < 1.29 is 9.53 Å². The van der Waals surface area contributed by atoms with Crippen LogP contribution in [0.5, 0.6) is 0 Å². The Morgan fingerprint density at radius 1 is 1.41 bits per heavy atom. The molecule has 1 aromatic rings. The molecule has 0 atom stereocenters. The van der Waals surface area contributed by atoms with Gasteiger partial charge in [-0.25, -0.2) is 0 Å². The van der Waals surface area contributed by atoms with Gasteiger partial charge in [0.1, 0.15) is 0 Å². The van der Waals surface area contributed by atoms with Crippen molar-refractivity contribution in [2.45, 2.75) is 20.8 Å². The van der Waals surface area contributed by atoms with Gasteiger partial charge in [-0.05, 0) is 24.6 Å². The van der Waals surface area contributed by atoms with Gasteiger partial charge in [0.05, 0.1) is 12.5 Å². The number of benzene rings is 1. The molecular formula is C13H18ClNO2. The Kier molecular flexibility index (Phi) is 8.07. The highest BCUT2D eigenvalue weighted by Crippen LogP contribution is 2.07. The molecule has 0 bridgehead atoms. The van der Waals surface area contributed by atoms with Crippen molar-refractivity contribution in [2.24, 2.45) is 5.92 Å². The lowest BCUT2D eigenvalue weighted by molar-refractivity contribution is -0.146. The first-order valence-electron chi connectivity index (χ1n) is 5.44. The third-order valence-electron chi connectivity index (χ3n) is 1.79. The molecule has 0 spiro atoms. The highest BCUT2D eigenvalue weighted by atomic mass is 35.5. The Bertz CT molecular complexity index is 347. The second kappa shape index (κ2) is 8.76. The van der Waals surface area contributed by atoms with Crippen LogP contribution in [0.1, 0.15) is 26.3 Å². The summed E-state index contributed by atoms with van der Waals surface area (Å²) in [5.41, 5.74) is 0.874. The molecule has 0 aromatic heterocycles. The minimum Gasteiger partial charge on any atom is -0.466 e. The van der Waals surface area contributed by atoms with Crippen LogP contribution in [0, 0.1) is 11.3 Å². The third kappa shape index (κ3) is 7.53. The van der Waals surface area contributed by atoms with Crippen molar-refractivity contribution >= 4 is 23.8 Å². The van der Waals surface area contributed by atoms with Gasteiger partial charge in [0.2, 0.25) is 0 Å². The first kappa shape index (κ1) is 15.7. The first-order valence-corrected chi connectivity index (χ1v) is 5.81. The number of halogens is 1. The molecule has 0 aliphatic rings. The van der Waals surface area contributed by atoms with Gasteiger partial charge in [-0.2, -0.15) is 0 Å². The quantitative estimate of drug-likeness (QED) is 0.663. The van der Waals surface area contributed by atoms with Crippen molar-refractivity contribution in [2.75, 3.05) is 6.61 Å². The Balaban J connectivity index is 0.000000304. The molecule has 1 rings (SSSR count). The van der Waals surface area contributed by atoms with E-state index in [9.17, 15) is 4.79 Å². The zero-order valence-electron chi connectivity index (χ0n) is 10.4. The van der Waals surface area contributed by atoms with Crippen molar-refractivity contribution in [3.8, 4) is 0 Å². The summed E-state index contributed by atoms with van der Waals surface area (Å²) < 4.78 is 4.66. The summed E-state index contributed by atoms with van der Waals surface area (Å²) in [7, 11) is 0. The van der Waals surface area contributed by atoms with E-state index in [4.69, 9.17) is 17.0 Å². The lowest BCUT2D eigenvalue weighted by Gasteiger charge is -2.01. The maximum absolute atomic E-state index is 10.5. The Morgan fingerprint density at radius 3 is 2.24 bits per heavy atom. The van der Waals surface area contributed by atoms with Crippen LogP contribution < -0.4 is 0 Å². The predicted molar refractivity (Wildman–Crippen MR) is 70.8 cm³/mol. The number of hydrogen-bond donors (Lipinski definition) is 1. The molecule has 94 valence electrons. The van der Waals surface area contributed by atoms with E-state index in [1.54, 1.807) is 31.2 Å². The van der Waals surface area contributed by atoms with E-state index < -0.39 is 0 Å². The summed E-state index contributed by atoms with van der Waals surface area (Å²) in [6, 6.07) is 7.13. The summed E-state index contributed by atoms with van der Waals surface area (Å²) in [5, 5.41) is 7.55. The van der Waals surface area contributed by atoms with Crippen LogP contribution in [0.4, 0.5) is 0 Å². The van der Waals surface area contributed by atoms with Gasteiger partial charge in [-0.15, -0.1) is 0 Å². The van der Waals surface area contributed by atoms with Gasteiger partial charge in [-0.1, -0.05) is 37.6 Å². The van der Waals surface area contributed by atoms with Gasteiger partial charge in [0.25, 0.3) is 0 Å². The number of nitrogens with one attached hydrogen (secondary N) is 1. The van der Waals surface area contributed by atoms with Gasteiger partial charge in [0.15, 0.2) is 0 Å².